The van der Waals surface area contributed by atoms with Gasteiger partial charge < -0.3 is 20.1 Å². The summed E-state index contributed by atoms with van der Waals surface area (Å²) >= 11 is 0. The zero-order valence-electron chi connectivity index (χ0n) is 12.1. The number of ether oxygens (including phenoxy) is 1. The normalized spacial score (nSPS) is 45.0. The Labute approximate surface area is 118 Å². The summed E-state index contributed by atoms with van der Waals surface area (Å²) in [5.74, 6) is -1.02. The van der Waals surface area contributed by atoms with Crippen molar-refractivity contribution >= 4 is 5.97 Å². The summed E-state index contributed by atoms with van der Waals surface area (Å²) in [6.45, 7) is 5.73. The van der Waals surface area contributed by atoms with Crippen LogP contribution in [0.15, 0.2) is 23.8 Å². The molecule has 4 atom stereocenters. The predicted octanol–water partition coefficient (Wildman–Crippen LogP) is 1.25. The average molecular weight is 282 g/mol. The molecule has 20 heavy (non-hydrogen) atoms. The summed E-state index contributed by atoms with van der Waals surface area (Å²) in [6.07, 6.45) is 4.66. The predicted molar refractivity (Wildman–Crippen MR) is 73.2 cm³/mol. The number of fused-ring (bicyclic) bond motifs is 2. The van der Waals surface area contributed by atoms with Crippen molar-refractivity contribution < 1.29 is 24.9 Å². The zero-order chi connectivity index (χ0) is 15.2. The molecule has 112 valence electrons. The van der Waals surface area contributed by atoms with Gasteiger partial charge in [0.15, 0.2) is 0 Å². The Kier molecular flexibility index (Phi) is 3.57. The first-order chi connectivity index (χ1) is 9.12. The van der Waals surface area contributed by atoms with Gasteiger partial charge in [0.05, 0.1) is 12.7 Å². The standard InChI is InChI=1S/C15H22O5/c1-10(6-12(17)18)4-5-15(19)13(2)7-11(16)8-14(15,3)20-9-13/h4-6,11,16,19H,7-9H2,1-3H3,(H,17,18)/b5-4+,10-6-/t11-,13-,14+,15+/m0/s1. The van der Waals surface area contributed by atoms with E-state index in [4.69, 9.17) is 9.84 Å². The average Bonchev–Trinajstić information content (AvgIpc) is 2.43. The minimum atomic E-state index is -1.22. The molecule has 2 fully saturated rings. The van der Waals surface area contributed by atoms with E-state index in [0.717, 1.165) is 6.08 Å². The zero-order valence-corrected chi connectivity index (χ0v) is 12.1. The number of hydrogen-bond acceptors (Lipinski definition) is 4. The van der Waals surface area contributed by atoms with Gasteiger partial charge >= 0.3 is 5.97 Å². The van der Waals surface area contributed by atoms with Crippen LogP contribution < -0.4 is 0 Å². The molecule has 1 aliphatic carbocycles. The van der Waals surface area contributed by atoms with Gasteiger partial charge in [-0.25, -0.2) is 4.79 Å². The molecule has 0 amide bonds. The minimum absolute atomic E-state index is 0.366. The van der Waals surface area contributed by atoms with Crippen molar-refractivity contribution in [2.24, 2.45) is 5.41 Å². The van der Waals surface area contributed by atoms with E-state index >= 15 is 0 Å². The van der Waals surface area contributed by atoms with Crippen molar-refractivity contribution in [2.45, 2.75) is 50.9 Å². The van der Waals surface area contributed by atoms with Gasteiger partial charge in [0.25, 0.3) is 0 Å². The van der Waals surface area contributed by atoms with Crippen LogP contribution in [0.1, 0.15) is 33.6 Å². The quantitative estimate of drug-likeness (QED) is 0.536. The lowest BCUT2D eigenvalue weighted by molar-refractivity contribution is -0.150. The highest BCUT2D eigenvalue weighted by Gasteiger charge is 2.67. The van der Waals surface area contributed by atoms with Gasteiger partial charge in [-0.05, 0) is 31.9 Å². The number of carboxylic acid groups (broad SMARTS) is 1. The monoisotopic (exact) mass is 282 g/mol. The topological polar surface area (TPSA) is 87.0 Å². The molecule has 3 N–H and O–H groups in total. The SMILES string of the molecule is CC(=C/C(=O)O)/C=C/[C@@]1(O)[C@]2(C)CO[C@]1(C)C[C@@H](O)C2. The Balaban J connectivity index is 2.34. The first-order valence-corrected chi connectivity index (χ1v) is 6.77. The van der Waals surface area contributed by atoms with E-state index in [1.54, 1.807) is 26.0 Å². The van der Waals surface area contributed by atoms with Crippen molar-refractivity contribution in [2.75, 3.05) is 6.61 Å². The second kappa shape index (κ2) is 4.69. The number of aliphatic hydroxyl groups is 2. The summed E-state index contributed by atoms with van der Waals surface area (Å²) in [6, 6.07) is 0. The minimum Gasteiger partial charge on any atom is -0.478 e. The molecule has 0 aromatic rings. The van der Waals surface area contributed by atoms with Gasteiger partial charge in [0.2, 0.25) is 0 Å². The smallest absolute Gasteiger partial charge is 0.328 e. The van der Waals surface area contributed by atoms with E-state index in [1.165, 1.54) is 0 Å². The van der Waals surface area contributed by atoms with Crippen LogP contribution in [0.25, 0.3) is 0 Å². The fourth-order valence-corrected chi connectivity index (χ4v) is 3.52. The second-order valence-electron chi connectivity index (χ2n) is 6.47. The lowest BCUT2D eigenvalue weighted by Gasteiger charge is -2.49. The molecule has 1 saturated heterocycles. The Morgan fingerprint density at radius 3 is 2.55 bits per heavy atom. The van der Waals surface area contributed by atoms with E-state index in [9.17, 15) is 15.0 Å². The Hall–Kier alpha value is -1.17. The maximum atomic E-state index is 11.1. The molecule has 2 bridgehead atoms. The van der Waals surface area contributed by atoms with E-state index < -0.39 is 28.7 Å². The van der Waals surface area contributed by atoms with Gasteiger partial charge in [-0.2, -0.15) is 0 Å². The van der Waals surface area contributed by atoms with E-state index in [0.29, 0.717) is 25.0 Å². The van der Waals surface area contributed by atoms with Crippen LogP contribution in [0.4, 0.5) is 0 Å². The van der Waals surface area contributed by atoms with Crippen molar-refractivity contribution in [3.05, 3.63) is 23.8 Å². The highest BCUT2D eigenvalue weighted by atomic mass is 16.5. The third-order valence-electron chi connectivity index (χ3n) is 4.69. The molecular weight excluding hydrogens is 260 g/mol. The lowest BCUT2D eigenvalue weighted by Crippen LogP contribution is -2.60. The number of aliphatic carboxylic acids is 1. The summed E-state index contributed by atoms with van der Waals surface area (Å²) < 4.78 is 5.77. The fraction of sp³-hybridized carbons (Fsp3) is 0.667. The number of carboxylic acids is 1. The largest absolute Gasteiger partial charge is 0.478 e. The molecule has 2 aliphatic rings. The van der Waals surface area contributed by atoms with E-state index in [-0.39, 0.29) is 0 Å². The summed E-state index contributed by atoms with van der Waals surface area (Å²) in [5, 5.41) is 29.7. The molecule has 5 heteroatoms. The first kappa shape index (κ1) is 15.2. The molecule has 0 radical (unpaired) electrons. The van der Waals surface area contributed by atoms with Crippen LogP contribution in [0.5, 0.6) is 0 Å². The number of hydrogen-bond donors (Lipinski definition) is 3. The number of allylic oxidation sites excluding steroid dienone is 2. The Morgan fingerprint density at radius 2 is 2.00 bits per heavy atom. The van der Waals surface area contributed by atoms with E-state index in [2.05, 4.69) is 0 Å². The molecule has 0 aromatic heterocycles. The molecule has 0 aromatic carbocycles. The summed E-state index contributed by atoms with van der Waals surface area (Å²) in [7, 11) is 0. The molecule has 1 aliphatic heterocycles. The van der Waals surface area contributed by atoms with Gasteiger partial charge in [-0.15, -0.1) is 0 Å². The molecule has 0 spiro atoms. The third kappa shape index (κ3) is 2.20. The van der Waals surface area contributed by atoms with E-state index in [1.807, 2.05) is 6.92 Å². The molecule has 1 saturated carbocycles. The first-order valence-electron chi connectivity index (χ1n) is 6.77. The Bertz CT molecular complexity index is 461. The summed E-state index contributed by atoms with van der Waals surface area (Å²) in [4.78, 5) is 10.6. The van der Waals surface area contributed by atoms with Crippen molar-refractivity contribution in [3.63, 3.8) is 0 Å². The second-order valence-corrected chi connectivity index (χ2v) is 6.47. The van der Waals surface area contributed by atoms with Crippen molar-refractivity contribution in [1.82, 2.24) is 0 Å². The van der Waals surface area contributed by atoms with Crippen LogP contribution in [0, 0.1) is 5.41 Å². The molecule has 1 heterocycles. The highest BCUT2D eigenvalue weighted by molar-refractivity contribution is 5.81. The van der Waals surface area contributed by atoms with Crippen LogP contribution in [-0.4, -0.2) is 45.2 Å². The number of aliphatic hydroxyl groups excluding tert-OH is 1. The molecule has 5 nitrogen and oxygen atoms in total. The van der Waals surface area contributed by atoms with Crippen LogP contribution in [0.2, 0.25) is 0 Å². The number of carbonyl (C=O) groups is 1. The maximum absolute atomic E-state index is 11.1. The van der Waals surface area contributed by atoms with Crippen LogP contribution in [0.3, 0.4) is 0 Å². The lowest BCUT2D eigenvalue weighted by atomic mass is 9.59. The van der Waals surface area contributed by atoms with Crippen molar-refractivity contribution in [1.29, 1.82) is 0 Å². The highest BCUT2D eigenvalue weighted by Crippen LogP contribution is 2.57. The van der Waals surface area contributed by atoms with Gasteiger partial charge in [0.1, 0.15) is 11.2 Å². The van der Waals surface area contributed by atoms with Crippen LogP contribution in [-0.2, 0) is 9.53 Å². The van der Waals surface area contributed by atoms with Gasteiger partial charge in [-0.3, -0.25) is 0 Å². The van der Waals surface area contributed by atoms with Gasteiger partial charge in [-0.1, -0.05) is 13.0 Å². The Morgan fingerprint density at radius 1 is 1.35 bits per heavy atom. The van der Waals surface area contributed by atoms with Crippen LogP contribution >= 0.6 is 0 Å². The molecule has 0 unspecified atom stereocenters. The molecular formula is C15H22O5. The fourth-order valence-electron chi connectivity index (χ4n) is 3.52. The molecule has 2 rings (SSSR count). The third-order valence-corrected chi connectivity index (χ3v) is 4.69. The summed E-state index contributed by atoms with van der Waals surface area (Å²) in [5.41, 5.74) is -2.09. The van der Waals surface area contributed by atoms with Gasteiger partial charge in [0, 0.05) is 17.9 Å². The van der Waals surface area contributed by atoms with Crippen molar-refractivity contribution in [3.8, 4) is 0 Å². The maximum Gasteiger partial charge on any atom is 0.328 e. The number of rotatable bonds is 3.